The number of carbonyl (C=O) groups is 2. The van der Waals surface area contributed by atoms with Crippen LogP contribution in [0.1, 0.15) is 48.3 Å². The first kappa shape index (κ1) is 25.8. The minimum Gasteiger partial charge on any atom is -0.478 e. The number of rotatable bonds is 7. The van der Waals surface area contributed by atoms with Crippen molar-refractivity contribution >= 4 is 11.9 Å². The molecule has 3 rings (SSSR count). The lowest BCUT2D eigenvalue weighted by atomic mass is 10.0. The van der Waals surface area contributed by atoms with Crippen LogP contribution in [-0.4, -0.2) is 85.8 Å². The summed E-state index contributed by atoms with van der Waals surface area (Å²) >= 11 is 0. The number of aromatic carboxylic acids is 1. The van der Waals surface area contributed by atoms with E-state index < -0.39 is 5.97 Å². The molecule has 34 heavy (non-hydrogen) atoms. The maximum atomic E-state index is 13.0. The number of carboxylic acids is 1. The zero-order valence-corrected chi connectivity index (χ0v) is 20.1. The number of fused-ring (bicyclic) bond motifs is 1. The molecule has 10 nitrogen and oxygen atoms in total. The van der Waals surface area contributed by atoms with E-state index in [1.165, 1.54) is 0 Å². The van der Waals surface area contributed by atoms with Gasteiger partial charge in [0.15, 0.2) is 0 Å². The first-order chi connectivity index (χ1) is 16.3. The van der Waals surface area contributed by atoms with Crippen LogP contribution in [-0.2, 0) is 29.2 Å². The summed E-state index contributed by atoms with van der Waals surface area (Å²) in [4.78, 5) is 28.1. The van der Waals surface area contributed by atoms with Crippen molar-refractivity contribution in [3.05, 3.63) is 47.3 Å². The fourth-order valence-corrected chi connectivity index (χ4v) is 4.23. The molecule has 186 valence electrons. The van der Waals surface area contributed by atoms with Gasteiger partial charge in [-0.1, -0.05) is 24.3 Å². The molecule has 0 fully saturated rings. The van der Waals surface area contributed by atoms with Gasteiger partial charge in [0.05, 0.1) is 42.8 Å². The first-order valence-electron chi connectivity index (χ1n) is 11.7. The molecule has 1 aliphatic rings. The van der Waals surface area contributed by atoms with Crippen LogP contribution in [0.2, 0.25) is 0 Å². The third kappa shape index (κ3) is 6.85. The number of carbonyl (C=O) groups excluding carboxylic acids is 1. The molecule has 0 aliphatic carbocycles. The summed E-state index contributed by atoms with van der Waals surface area (Å²) in [5.74, 6) is -0.948. The summed E-state index contributed by atoms with van der Waals surface area (Å²) in [6.07, 6.45) is 2.49. The minimum atomic E-state index is -0.950. The molecule has 3 atom stereocenters. The van der Waals surface area contributed by atoms with Crippen molar-refractivity contribution in [3.63, 3.8) is 0 Å². The number of aryl methyl sites for hydroxylation is 1. The van der Waals surface area contributed by atoms with Gasteiger partial charge in [-0.3, -0.25) is 9.69 Å². The normalized spacial score (nSPS) is 21.0. The van der Waals surface area contributed by atoms with Crippen LogP contribution in [0.3, 0.4) is 0 Å². The van der Waals surface area contributed by atoms with E-state index in [0.29, 0.717) is 45.6 Å². The lowest BCUT2D eigenvalue weighted by Crippen LogP contribution is -2.47. The molecule has 10 heteroatoms. The van der Waals surface area contributed by atoms with Gasteiger partial charge < -0.3 is 19.8 Å². The fraction of sp³-hybridized carbons (Fsp3) is 0.583. The number of ether oxygens (including phenoxy) is 1. The van der Waals surface area contributed by atoms with Crippen molar-refractivity contribution in [2.45, 2.75) is 58.5 Å². The number of benzene rings is 1. The number of likely N-dealkylation sites (N-methyl/N-ethyl adjacent to an activating group) is 1. The van der Waals surface area contributed by atoms with Crippen molar-refractivity contribution in [3.8, 4) is 0 Å². The molecule has 0 bridgehead atoms. The predicted molar refractivity (Wildman–Crippen MR) is 125 cm³/mol. The number of aromatic nitrogens is 3. The topological polar surface area (TPSA) is 121 Å². The number of hydrogen-bond donors (Lipinski definition) is 2. The molecule has 1 aliphatic heterocycles. The Balaban J connectivity index is 1.77. The van der Waals surface area contributed by atoms with E-state index in [2.05, 4.69) is 22.1 Å². The Morgan fingerprint density at radius 3 is 2.91 bits per heavy atom. The van der Waals surface area contributed by atoms with Crippen molar-refractivity contribution in [1.29, 1.82) is 0 Å². The monoisotopic (exact) mass is 473 g/mol. The maximum Gasteiger partial charge on any atom is 0.335 e. The van der Waals surface area contributed by atoms with Gasteiger partial charge in [-0.15, -0.1) is 5.10 Å². The third-order valence-electron chi connectivity index (χ3n) is 6.26. The quantitative estimate of drug-likeness (QED) is 0.623. The van der Waals surface area contributed by atoms with Gasteiger partial charge in [-0.25, -0.2) is 9.48 Å². The molecule has 1 aromatic carbocycles. The Hall–Kier alpha value is -2.82. The number of aliphatic hydroxyl groups is 1. The molecule has 0 unspecified atom stereocenters. The van der Waals surface area contributed by atoms with Gasteiger partial charge >= 0.3 is 5.97 Å². The zero-order valence-electron chi connectivity index (χ0n) is 20.1. The standard InChI is InChI=1S/C24H35N5O5/c1-17-12-28(18(2)15-30)23(31)8-5-9-29-21(11-25-26-29)16-34-22(17)14-27(3)13-19-6-4-7-20(10-19)24(32)33/h4,6-7,10-11,17-18,22,30H,5,8-9,12-16H2,1-3H3,(H,32,33)/t17-,18-,22+/m1/s1. The van der Waals surface area contributed by atoms with Crippen molar-refractivity contribution in [1.82, 2.24) is 24.8 Å². The summed E-state index contributed by atoms with van der Waals surface area (Å²) in [6, 6.07) is 6.63. The maximum absolute atomic E-state index is 13.0. The van der Waals surface area contributed by atoms with E-state index in [1.54, 1.807) is 34.0 Å². The van der Waals surface area contributed by atoms with Crippen LogP contribution in [0.5, 0.6) is 0 Å². The highest BCUT2D eigenvalue weighted by Crippen LogP contribution is 2.19. The molecule has 0 saturated heterocycles. The van der Waals surface area contributed by atoms with Crippen LogP contribution < -0.4 is 0 Å². The van der Waals surface area contributed by atoms with Crippen LogP contribution in [0.15, 0.2) is 30.5 Å². The number of hydrogen-bond acceptors (Lipinski definition) is 7. The fourth-order valence-electron chi connectivity index (χ4n) is 4.23. The Morgan fingerprint density at radius 1 is 1.38 bits per heavy atom. The van der Waals surface area contributed by atoms with Gasteiger partial charge in [-0.2, -0.15) is 0 Å². The third-order valence-corrected chi connectivity index (χ3v) is 6.26. The highest BCUT2D eigenvalue weighted by atomic mass is 16.5. The van der Waals surface area contributed by atoms with Gasteiger partial charge in [0, 0.05) is 38.5 Å². The summed E-state index contributed by atoms with van der Waals surface area (Å²) in [6.45, 7) is 6.35. The SMILES string of the molecule is C[C@@H]1CN([C@H](C)CO)C(=O)CCCn2nncc2CO[C@H]1CN(C)Cc1cccc(C(=O)O)c1. The van der Waals surface area contributed by atoms with E-state index in [0.717, 1.165) is 11.3 Å². The molecule has 1 amide bonds. The van der Waals surface area contributed by atoms with Crippen molar-refractivity contribution in [2.24, 2.45) is 5.92 Å². The lowest BCUT2D eigenvalue weighted by Gasteiger charge is -2.35. The minimum absolute atomic E-state index is 0.00508. The predicted octanol–water partition coefficient (Wildman–Crippen LogP) is 1.63. The lowest BCUT2D eigenvalue weighted by molar-refractivity contribution is -0.136. The molecular formula is C24H35N5O5. The molecular weight excluding hydrogens is 438 g/mol. The van der Waals surface area contributed by atoms with Crippen molar-refractivity contribution in [2.75, 3.05) is 26.7 Å². The molecule has 0 radical (unpaired) electrons. The molecule has 0 spiro atoms. The molecule has 0 saturated carbocycles. The summed E-state index contributed by atoms with van der Waals surface area (Å²) in [5, 5.41) is 27.1. The zero-order chi connectivity index (χ0) is 24.7. The van der Waals surface area contributed by atoms with Gasteiger partial charge in [0.2, 0.25) is 5.91 Å². The van der Waals surface area contributed by atoms with E-state index >= 15 is 0 Å². The number of aliphatic hydroxyl groups excluding tert-OH is 1. The van der Waals surface area contributed by atoms with Crippen LogP contribution >= 0.6 is 0 Å². The second-order valence-corrected chi connectivity index (χ2v) is 9.16. The summed E-state index contributed by atoms with van der Waals surface area (Å²) in [7, 11) is 1.96. The Labute approximate surface area is 200 Å². The number of carboxylic acid groups (broad SMARTS) is 1. The highest BCUT2D eigenvalue weighted by Gasteiger charge is 2.28. The smallest absolute Gasteiger partial charge is 0.335 e. The molecule has 2 N–H and O–H groups in total. The molecule has 1 aromatic heterocycles. The van der Waals surface area contributed by atoms with Gasteiger partial charge in [0.1, 0.15) is 0 Å². The van der Waals surface area contributed by atoms with E-state index in [9.17, 15) is 19.8 Å². The molecule has 2 heterocycles. The highest BCUT2D eigenvalue weighted by molar-refractivity contribution is 5.87. The average molecular weight is 474 g/mol. The largest absolute Gasteiger partial charge is 0.478 e. The van der Waals surface area contributed by atoms with Crippen LogP contribution in [0.25, 0.3) is 0 Å². The van der Waals surface area contributed by atoms with E-state index in [1.807, 2.05) is 20.0 Å². The number of nitrogens with zero attached hydrogens (tertiary/aromatic N) is 5. The summed E-state index contributed by atoms with van der Waals surface area (Å²) < 4.78 is 8.12. The first-order valence-corrected chi connectivity index (χ1v) is 11.7. The Morgan fingerprint density at radius 2 is 2.18 bits per heavy atom. The van der Waals surface area contributed by atoms with Crippen LogP contribution in [0.4, 0.5) is 0 Å². The number of amides is 1. The van der Waals surface area contributed by atoms with Crippen LogP contribution in [0, 0.1) is 5.92 Å². The van der Waals surface area contributed by atoms with Gasteiger partial charge in [0.25, 0.3) is 0 Å². The van der Waals surface area contributed by atoms with E-state index in [-0.39, 0.29) is 36.1 Å². The Bertz CT molecular complexity index is 965. The second-order valence-electron chi connectivity index (χ2n) is 9.16. The van der Waals surface area contributed by atoms with E-state index in [4.69, 9.17) is 4.74 Å². The van der Waals surface area contributed by atoms with Crippen molar-refractivity contribution < 1.29 is 24.5 Å². The molecule has 2 aromatic rings. The van der Waals surface area contributed by atoms with Gasteiger partial charge in [-0.05, 0) is 38.1 Å². The summed E-state index contributed by atoms with van der Waals surface area (Å²) in [5.41, 5.74) is 2.02. The Kier molecular flexibility index (Phi) is 9.14. The second kappa shape index (κ2) is 12.0. The average Bonchev–Trinajstić information content (AvgIpc) is 3.26.